The zero-order valence-corrected chi connectivity index (χ0v) is 18.4. The van der Waals surface area contributed by atoms with Gasteiger partial charge in [0.05, 0.1) is 11.0 Å². The van der Waals surface area contributed by atoms with E-state index in [1.807, 2.05) is 25.1 Å². The number of aromatic nitrogens is 2. The van der Waals surface area contributed by atoms with Crippen molar-refractivity contribution in [3.8, 4) is 0 Å². The van der Waals surface area contributed by atoms with Crippen LogP contribution in [0.2, 0.25) is 0 Å². The van der Waals surface area contributed by atoms with Gasteiger partial charge in [-0.25, -0.2) is 4.98 Å². The Balaban J connectivity index is 0.00000392. The van der Waals surface area contributed by atoms with Crippen LogP contribution in [0.15, 0.2) is 29.3 Å². The summed E-state index contributed by atoms with van der Waals surface area (Å²) >= 11 is 0. The molecule has 158 valence electrons. The van der Waals surface area contributed by atoms with Gasteiger partial charge < -0.3 is 19.9 Å². The number of aryl methyl sites for hydroxylation is 2. The number of guanidine groups is 1. The van der Waals surface area contributed by atoms with E-state index in [9.17, 15) is 13.2 Å². The van der Waals surface area contributed by atoms with Crippen molar-refractivity contribution in [2.24, 2.45) is 4.99 Å². The molecule has 1 heterocycles. The van der Waals surface area contributed by atoms with E-state index in [1.54, 1.807) is 7.05 Å². The molecule has 10 heteroatoms. The number of hydrogen-bond acceptors (Lipinski definition) is 3. The number of benzene rings is 1. The molecule has 0 radical (unpaired) electrons. The van der Waals surface area contributed by atoms with E-state index in [1.165, 1.54) is 0 Å². The van der Waals surface area contributed by atoms with Crippen molar-refractivity contribution in [2.45, 2.75) is 32.5 Å². The average Bonchev–Trinajstić information content (AvgIpc) is 2.94. The van der Waals surface area contributed by atoms with Gasteiger partial charge in [-0.15, -0.1) is 24.0 Å². The summed E-state index contributed by atoms with van der Waals surface area (Å²) in [5.74, 6) is 1.61. The molecule has 0 bridgehead atoms. The second-order valence-corrected chi connectivity index (χ2v) is 6.10. The molecule has 0 aliphatic carbocycles. The summed E-state index contributed by atoms with van der Waals surface area (Å²) < 4.78 is 42.6. The minimum absolute atomic E-state index is 0. The normalized spacial score (nSPS) is 12.1. The zero-order chi connectivity index (χ0) is 19.7. The fourth-order valence-corrected chi connectivity index (χ4v) is 2.71. The van der Waals surface area contributed by atoms with Crippen LogP contribution in [0.4, 0.5) is 13.2 Å². The molecule has 2 N–H and O–H groups in total. The number of nitrogens with one attached hydrogen (secondary N) is 2. The lowest BCUT2D eigenvalue weighted by molar-refractivity contribution is -0.173. The molecule has 0 saturated heterocycles. The van der Waals surface area contributed by atoms with Gasteiger partial charge in [0.2, 0.25) is 0 Å². The van der Waals surface area contributed by atoms with Crippen molar-refractivity contribution < 1.29 is 17.9 Å². The third-order valence-corrected chi connectivity index (χ3v) is 3.94. The van der Waals surface area contributed by atoms with Crippen molar-refractivity contribution in [3.05, 3.63) is 30.1 Å². The van der Waals surface area contributed by atoms with Gasteiger partial charge in [0.25, 0.3) is 0 Å². The van der Waals surface area contributed by atoms with Crippen LogP contribution in [0, 0.1) is 6.92 Å². The summed E-state index contributed by atoms with van der Waals surface area (Å²) in [6, 6.07) is 8.04. The number of halogens is 4. The van der Waals surface area contributed by atoms with E-state index < -0.39 is 12.8 Å². The van der Waals surface area contributed by atoms with Gasteiger partial charge >= 0.3 is 6.18 Å². The molecule has 0 saturated carbocycles. The van der Waals surface area contributed by atoms with Crippen LogP contribution < -0.4 is 10.6 Å². The summed E-state index contributed by atoms with van der Waals surface area (Å²) in [6.45, 7) is 2.88. The van der Waals surface area contributed by atoms with Crippen LogP contribution in [-0.4, -0.2) is 55.0 Å². The molecule has 1 aromatic heterocycles. The maximum absolute atomic E-state index is 12.0. The first-order valence-corrected chi connectivity index (χ1v) is 8.91. The molecular weight excluding hydrogens is 486 g/mol. The van der Waals surface area contributed by atoms with Crippen molar-refractivity contribution >= 4 is 41.0 Å². The average molecular weight is 513 g/mol. The maximum Gasteiger partial charge on any atom is 0.411 e. The van der Waals surface area contributed by atoms with Gasteiger partial charge in [-0.1, -0.05) is 12.1 Å². The Morgan fingerprint density at radius 3 is 2.54 bits per heavy atom. The van der Waals surface area contributed by atoms with Crippen LogP contribution in [0.25, 0.3) is 11.0 Å². The number of imidazole rings is 1. The first-order valence-electron chi connectivity index (χ1n) is 8.91. The van der Waals surface area contributed by atoms with Crippen molar-refractivity contribution in [1.82, 2.24) is 20.2 Å². The number of fused-ring (bicyclic) bond motifs is 1. The predicted molar refractivity (Wildman–Crippen MR) is 115 cm³/mol. The van der Waals surface area contributed by atoms with Crippen LogP contribution in [0.3, 0.4) is 0 Å². The number of nitrogens with zero attached hydrogens (tertiary/aromatic N) is 3. The molecular formula is C18H27F3IN5O. The standard InChI is InChI=1S/C18H26F3N5O.HI/c1-14-25-15-7-3-4-8-16(15)26(14)11-5-9-23-17(22-2)24-10-6-12-27-13-18(19,20)21;/h3-4,7-8H,5-6,9-13H2,1-2H3,(H2,22,23,24);1H. The van der Waals surface area contributed by atoms with Crippen molar-refractivity contribution in [2.75, 3.05) is 33.4 Å². The predicted octanol–water partition coefficient (Wildman–Crippen LogP) is 3.49. The monoisotopic (exact) mass is 513 g/mol. The zero-order valence-electron chi connectivity index (χ0n) is 16.1. The van der Waals surface area contributed by atoms with Gasteiger partial charge in [-0.05, 0) is 31.9 Å². The highest BCUT2D eigenvalue weighted by Gasteiger charge is 2.27. The van der Waals surface area contributed by atoms with Crippen LogP contribution >= 0.6 is 24.0 Å². The van der Waals surface area contributed by atoms with Crippen molar-refractivity contribution in [3.63, 3.8) is 0 Å². The van der Waals surface area contributed by atoms with Crippen molar-refractivity contribution in [1.29, 1.82) is 0 Å². The van der Waals surface area contributed by atoms with Crippen LogP contribution in [0.5, 0.6) is 0 Å². The lowest BCUT2D eigenvalue weighted by Gasteiger charge is -2.13. The Bertz CT molecular complexity index is 748. The molecule has 0 atom stereocenters. The summed E-state index contributed by atoms with van der Waals surface area (Å²) in [5.41, 5.74) is 2.12. The number of hydrogen-bond donors (Lipinski definition) is 2. The minimum atomic E-state index is -4.27. The van der Waals surface area contributed by atoms with Gasteiger partial charge in [-0.2, -0.15) is 13.2 Å². The van der Waals surface area contributed by atoms with Gasteiger partial charge in [0, 0.05) is 33.3 Å². The fourth-order valence-electron chi connectivity index (χ4n) is 2.71. The number of aliphatic imine (C=N–C) groups is 1. The molecule has 1 aromatic carbocycles. The number of alkyl halides is 3. The van der Waals surface area contributed by atoms with Crippen LogP contribution in [0.1, 0.15) is 18.7 Å². The minimum Gasteiger partial charge on any atom is -0.372 e. The Kier molecular flexibility index (Phi) is 10.6. The summed E-state index contributed by atoms with van der Waals surface area (Å²) in [6.07, 6.45) is -2.92. The van der Waals surface area contributed by atoms with Gasteiger partial charge in [-0.3, -0.25) is 4.99 Å². The number of rotatable bonds is 9. The van der Waals surface area contributed by atoms with E-state index in [0.717, 1.165) is 36.4 Å². The van der Waals surface area contributed by atoms with E-state index in [0.29, 0.717) is 18.9 Å². The molecule has 0 spiro atoms. The molecule has 0 aliphatic rings. The quantitative estimate of drug-likeness (QED) is 0.233. The molecule has 28 heavy (non-hydrogen) atoms. The third kappa shape index (κ3) is 8.21. The lowest BCUT2D eigenvalue weighted by Crippen LogP contribution is -2.38. The van der Waals surface area contributed by atoms with E-state index in [-0.39, 0.29) is 30.6 Å². The van der Waals surface area contributed by atoms with Crippen LogP contribution in [-0.2, 0) is 11.3 Å². The first-order chi connectivity index (χ1) is 12.9. The highest BCUT2D eigenvalue weighted by molar-refractivity contribution is 14.0. The summed E-state index contributed by atoms with van der Waals surface area (Å²) in [7, 11) is 1.66. The van der Waals surface area contributed by atoms with E-state index >= 15 is 0 Å². The third-order valence-electron chi connectivity index (χ3n) is 3.94. The fraction of sp³-hybridized carbons (Fsp3) is 0.556. The molecule has 2 rings (SSSR count). The van der Waals surface area contributed by atoms with E-state index in [2.05, 4.69) is 36.0 Å². The smallest absolute Gasteiger partial charge is 0.372 e. The Morgan fingerprint density at radius 2 is 1.86 bits per heavy atom. The number of ether oxygens (including phenoxy) is 1. The summed E-state index contributed by atoms with van der Waals surface area (Å²) in [5, 5.41) is 6.26. The summed E-state index contributed by atoms with van der Waals surface area (Å²) in [4.78, 5) is 8.65. The van der Waals surface area contributed by atoms with Gasteiger partial charge in [0.1, 0.15) is 12.4 Å². The Hall–Kier alpha value is -1.56. The largest absolute Gasteiger partial charge is 0.411 e. The Morgan fingerprint density at radius 1 is 1.18 bits per heavy atom. The number of para-hydroxylation sites is 2. The molecule has 0 fully saturated rings. The molecule has 2 aromatic rings. The Labute approximate surface area is 180 Å². The SMILES string of the molecule is CN=C(NCCCOCC(F)(F)F)NCCCn1c(C)nc2ccccc21.I. The van der Waals surface area contributed by atoms with E-state index in [4.69, 9.17) is 0 Å². The highest BCUT2D eigenvalue weighted by Crippen LogP contribution is 2.15. The molecule has 0 unspecified atom stereocenters. The highest BCUT2D eigenvalue weighted by atomic mass is 127. The topological polar surface area (TPSA) is 63.5 Å². The molecule has 0 aliphatic heterocycles. The molecule has 0 amide bonds. The van der Waals surface area contributed by atoms with Gasteiger partial charge in [0.15, 0.2) is 5.96 Å². The lowest BCUT2D eigenvalue weighted by atomic mass is 10.3. The second kappa shape index (κ2) is 12.1. The molecule has 6 nitrogen and oxygen atoms in total. The second-order valence-electron chi connectivity index (χ2n) is 6.10. The first kappa shape index (κ1) is 24.5. The maximum atomic E-state index is 12.0.